The lowest BCUT2D eigenvalue weighted by Crippen LogP contribution is -2.15. The standard InChI is InChI=1S/C32H66O11/c1-3-5-7-8-10-12-34-14-16-36-18-20-38-22-24-40-26-28-42-30-32-43-31-29-41-27-25-39-23-21-37-19-17-35-15-13-33-11-9-6-4-2/h3-32H2,1-2H3. The molecule has 43 heavy (non-hydrogen) atoms. The second-order valence-electron chi connectivity index (χ2n) is 9.86. The average Bonchev–Trinajstić information content (AvgIpc) is 3.02. The largest absolute Gasteiger partial charge is 0.379 e. The molecule has 0 saturated carbocycles. The fourth-order valence-electron chi connectivity index (χ4n) is 3.56. The summed E-state index contributed by atoms with van der Waals surface area (Å²) in [6, 6.07) is 0. The second-order valence-corrected chi connectivity index (χ2v) is 9.86. The third-order valence-corrected chi connectivity index (χ3v) is 6.00. The molecule has 260 valence electrons. The molecule has 0 rings (SSSR count). The molecule has 0 aliphatic heterocycles. The Morgan fingerprint density at radius 1 is 0.186 bits per heavy atom. The molecule has 0 unspecified atom stereocenters. The van der Waals surface area contributed by atoms with Crippen molar-refractivity contribution in [2.45, 2.75) is 65.2 Å². The van der Waals surface area contributed by atoms with Gasteiger partial charge in [-0.3, -0.25) is 0 Å². The summed E-state index contributed by atoms with van der Waals surface area (Å²) < 4.78 is 60.4. The highest BCUT2D eigenvalue weighted by Gasteiger charge is 1.97. The summed E-state index contributed by atoms with van der Waals surface area (Å²) in [4.78, 5) is 0. The molecule has 0 aromatic rings. The molecule has 0 spiro atoms. The fourth-order valence-corrected chi connectivity index (χ4v) is 3.56. The number of ether oxygens (including phenoxy) is 11. The molecule has 0 radical (unpaired) electrons. The number of rotatable bonds is 40. The molecule has 0 saturated heterocycles. The molecule has 11 nitrogen and oxygen atoms in total. The SMILES string of the molecule is CCCCCCCOCCOCCOCCOCCOCCOCCOCCOCCOCCOCCOCCCCC. The van der Waals surface area contributed by atoms with Gasteiger partial charge in [0.05, 0.1) is 132 Å². The molecule has 0 aliphatic carbocycles. The highest BCUT2D eigenvalue weighted by atomic mass is 16.6. The van der Waals surface area contributed by atoms with Crippen LogP contribution in [-0.2, 0) is 52.1 Å². The zero-order valence-electron chi connectivity index (χ0n) is 27.7. The van der Waals surface area contributed by atoms with Crippen molar-refractivity contribution < 1.29 is 52.1 Å². The lowest BCUT2D eigenvalue weighted by Gasteiger charge is -2.09. The number of hydrogen-bond acceptors (Lipinski definition) is 11. The van der Waals surface area contributed by atoms with E-state index in [2.05, 4.69) is 13.8 Å². The van der Waals surface area contributed by atoms with Gasteiger partial charge in [-0.05, 0) is 12.8 Å². The fraction of sp³-hybridized carbons (Fsp3) is 1.00. The van der Waals surface area contributed by atoms with E-state index in [0.717, 1.165) is 26.1 Å². The molecule has 0 aromatic carbocycles. The minimum atomic E-state index is 0.528. The van der Waals surface area contributed by atoms with Crippen molar-refractivity contribution in [3.63, 3.8) is 0 Å². The maximum Gasteiger partial charge on any atom is 0.0701 e. The summed E-state index contributed by atoms with van der Waals surface area (Å²) in [6.45, 7) is 17.3. The smallest absolute Gasteiger partial charge is 0.0701 e. The average molecular weight is 627 g/mol. The van der Waals surface area contributed by atoms with Gasteiger partial charge in [-0.15, -0.1) is 0 Å². The minimum absolute atomic E-state index is 0.528. The van der Waals surface area contributed by atoms with Crippen molar-refractivity contribution in [2.75, 3.05) is 145 Å². The van der Waals surface area contributed by atoms with Gasteiger partial charge in [0, 0.05) is 13.2 Å². The third-order valence-electron chi connectivity index (χ3n) is 6.00. The third kappa shape index (κ3) is 41.6. The van der Waals surface area contributed by atoms with Gasteiger partial charge in [-0.2, -0.15) is 0 Å². The Morgan fingerprint density at radius 3 is 0.581 bits per heavy atom. The van der Waals surface area contributed by atoms with E-state index in [1.54, 1.807) is 0 Å². The van der Waals surface area contributed by atoms with Crippen LogP contribution in [0.3, 0.4) is 0 Å². The Bertz CT molecular complexity index is 435. The van der Waals surface area contributed by atoms with E-state index < -0.39 is 0 Å². The summed E-state index contributed by atoms with van der Waals surface area (Å²) in [5, 5.41) is 0. The van der Waals surface area contributed by atoms with Crippen molar-refractivity contribution in [1.29, 1.82) is 0 Å². The lowest BCUT2D eigenvalue weighted by atomic mass is 10.2. The number of unbranched alkanes of at least 4 members (excludes halogenated alkanes) is 6. The maximum absolute atomic E-state index is 5.56. The van der Waals surface area contributed by atoms with Crippen LogP contribution in [0.5, 0.6) is 0 Å². The van der Waals surface area contributed by atoms with E-state index in [9.17, 15) is 0 Å². The Kier molecular flexibility index (Phi) is 41.1. The van der Waals surface area contributed by atoms with Crippen LogP contribution >= 0.6 is 0 Å². The highest BCUT2D eigenvalue weighted by molar-refractivity contribution is 4.43. The number of hydrogen-bond donors (Lipinski definition) is 0. The zero-order chi connectivity index (χ0) is 31.0. The monoisotopic (exact) mass is 626 g/mol. The van der Waals surface area contributed by atoms with Crippen LogP contribution in [0.2, 0.25) is 0 Å². The predicted molar refractivity (Wildman–Crippen MR) is 167 cm³/mol. The zero-order valence-corrected chi connectivity index (χ0v) is 27.7. The topological polar surface area (TPSA) is 102 Å². The molecule has 0 heterocycles. The first-order valence-electron chi connectivity index (χ1n) is 16.8. The molecule has 0 aromatic heterocycles. The van der Waals surface area contributed by atoms with Crippen LogP contribution in [0.15, 0.2) is 0 Å². The van der Waals surface area contributed by atoms with Crippen LogP contribution in [0.1, 0.15) is 65.2 Å². The van der Waals surface area contributed by atoms with Gasteiger partial charge >= 0.3 is 0 Å². The van der Waals surface area contributed by atoms with Crippen molar-refractivity contribution in [1.82, 2.24) is 0 Å². The van der Waals surface area contributed by atoms with Gasteiger partial charge in [0.2, 0.25) is 0 Å². The molecule has 0 bridgehead atoms. The Morgan fingerprint density at radius 2 is 0.349 bits per heavy atom. The van der Waals surface area contributed by atoms with Gasteiger partial charge in [0.1, 0.15) is 0 Å². The molecular formula is C32H66O11. The first-order chi connectivity index (χ1) is 21.4. The first-order valence-corrected chi connectivity index (χ1v) is 16.8. The summed E-state index contributed by atoms with van der Waals surface area (Å²) in [5.74, 6) is 0. The van der Waals surface area contributed by atoms with Crippen molar-refractivity contribution >= 4 is 0 Å². The molecule has 0 aliphatic rings. The molecular weight excluding hydrogens is 560 g/mol. The minimum Gasteiger partial charge on any atom is -0.379 e. The molecule has 0 fully saturated rings. The van der Waals surface area contributed by atoms with Crippen LogP contribution < -0.4 is 0 Å². The summed E-state index contributed by atoms with van der Waals surface area (Å²) in [7, 11) is 0. The Hall–Kier alpha value is -0.440. The van der Waals surface area contributed by atoms with Crippen molar-refractivity contribution in [3.05, 3.63) is 0 Å². The van der Waals surface area contributed by atoms with E-state index in [0.29, 0.717) is 132 Å². The van der Waals surface area contributed by atoms with E-state index >= 15 is 0 Å². The maximum atomic E-state index is 5.56. The molecule has 11 heteroatoms. The normalized spacial score (nSPS) is 11.6. The van der Waals surface area contributed by atoms with Crippen LogP contribution in [-0.4, -0.2) is 145 Å². The summed E-state index contributed by atoms with van der Waals surface area (Å²) in [6.07, 6.45) is 9.85. The van der Waals surface area contributed by atoms with Gasteiger partial charge < -0.3 is 52.1 Å². The van der Waals surface area contributed by atoms with Crippen LogP contribution in [0.25, 0.3) is 0 Å². The van der Waals surface area contributed by atoms with E-state index in [1.165, 1.54) is 38.5 Å². The summed E-state index contributed by atoms with van der Waals surface area (Å²) >= 11 is 0. The van der Waals surface area contributed by atoms with Gasteiger partial charge in [-0.1, -0.05) is 52.4 Å². The van der Waals surface area contributed by atoms with Crippen molar-refractivity contribution in [2.24, 2.45) is 0 Å². The van der Waals surface area contributed by atoms with Gasteiger partial charge in [0.15, 0.2) is 0 Å². The summed E-state index contributed by atoms with van der Waals surface area (Å²) in [5.41, 5.74) is 0. The Balaban J connectivity index is 3.02. The van der Waals surface area contributed by atoms with E-state index in [4.69, 9.17) is 52.1 Å². The highest BCUT2D eigenvalue weighted by Crippen LogP contribution is 2.02. The van der Waals surface area contributed by atoms with E-state index in [-0.39, 0.29) is 0 Å². The lowest BCUT2D eigenvalue weighted by molar-refractivity contribution is -0.0275. The molecule has 0 N–H and O–H groups in total. The van der Waals surface area contributed by atoms with Crippen LogP contribution in [0.4, 0.5) is 0 Å². The molecule has 0 amide bonds. The van der Waals surface area contributed by atoms with Gasteiger partial charge in [0.25, 0.3) is 0 Å². The first kappa shape index (κ1) is 42.6. The second kappa shape index (κ2) is 41.6. The Labute approximate surface area is 262 Å². The van der Waals surface area contributed by atoms with E-state index in [1.807, 2.05) is 0 Å². The van der Waals surface area contributed by atoms with Crippen molar-refractivity contribution in [3.8, 4) is 0 Å². The predicted octanol–water partition coefficient (Wildman–Crippen LogP) is 4.33. The quantitative estimate of drug-likeness (QED) is 0.0909. The molecule has 0 atom stereocenters. The van der Waals surface area contributed by atoms with Crippen LogP contribution in [0, 0.1) is 0 Å². The van der Waals surface area contributed by atoms with Gasteiger partial charge in [-0.25, -0.2) is 0 Å².